The highest BCUT2D eigenvalue weighted by molar-refractivity contribution is 5.57. The fraction of sp³-hybridized carbons (Fsp3) is 0.240. The summed E-state index contributed by atoms with van der Waals surface area (Å²) in [5.41, 5.74) is 6.52. The van der Waals surface area contributed by atoms with Crippen LogP contribution in [0.3, 0.4) is 0 Å². The zero-order valence-corrected chi connectivity index (χ0v) is 16.6. The molecule has 0 saturated carbocycles. The lowest BCUT2D eigenvalue weighted by molar-refractivity contribution is 0.804. The predicted octanol–water partition coefficient (Wildman–Crippen LogP) is 5.22. The van der Waals surface area contributed by atoms with Crippen LogP contribution in [0.2, 0.25) is 0 Å². The van der Waals surface area contributed by atoms with Crippen LogP contribution >= 0.6 is 0 Å². The van der Waals surface area contributed by atoms with E-state index in [-0.39, 0.29) is 0 Å². The number of benzene rings is 3. The van der Waals surface area contributed by atoms with Gasteiger partial charge in [-0.25, -0.2) is 0 Å². The molecule has 1 heterocycles. The first kappa shape index (κ1) is 19.1. The quantitative estimate of drug-likeness (QED) is 0.432. The summed E-state index contributed by atoms with van der Waals surface area (Å²) in [6, 6.07) is 28.1. The molecule has 0 unspecified atom stereocenters. The lowest BCUT2D eigenvalue weighted by Crippen LogP contribution is -1.96. The van der Waals surface area contributed by atoms with Crippen LogP contribution in [-0.2, 0) is 25.7 Å². The zero-order chi connectivity index (χ0) is 19.7. The van der Waals surface area contributed by atoms with Crippen molar-refractivity contribution in [3.63, 3.8) is 0 Å². The van der Waals surface area contributed by atoms with E-state index in [1.165, 1.54) is 22.3 Å². The number of aryl methyl sites for hydroxylation is 4. The van der Waals surface area contributed by atoms with E-state index in [2.05, 4.69) is 99.5 Å². The van der Waals surface area contributed by atoms with Crippen molar-refractivity contribution in [3.05, 3.63) is 101 Å². The van der Waals surface area contributed by atoms with Gasteiger partial charge in [-0.15, -0.1) is 10.2 Å². The monoisotopic (exact) mass is 382 g/mol. The van der Waals surface area contributed by atoms with Gasteiger partial charge in [-0.3, -0.25) is 0 Å². The largest absolute Gasteiger partial charge is 0.204 e. The summed E-state index contributed by atoms with van der Waals surface area (Å²) in [6.07, 6.45) is 6.54. The van der Waals surface area contributed by atoms with Gasteiger partial charge < -0.3 is 0 Å². The van der Waals surface area contributed by atoms with E-state index >= 15 is 0 Å². The molecule has 3 aromatic carbocycles. The highest BCUT2D eigenvalue weighted by Gasteiger charge is 2.08. The minimum absolute atomic E-state index is 0.666. The van der Waals surface area contributed by atoms with Crippen molar-refractivity contribution in [2.45, 2.75) is 38.5 Å². The number of hydrogen-bond donors (Lipinski definition) is 1. The first-order valence-electron chi connectivity index (χ1n) is 10.3. The maximum absolute atomic E-state index is 4.18. The molecule has 4 nitrogen and oxygen atoms in total. The van der Waals surface area contributed by atoms with Crippen LogP contribution in [0.1, 0.15) is 35.1 Å². The van der Waals surface area contributed by atoms with E-state index in [1.54, 1.807) is 0 Å². The van der Waals surface area contributed by atoms with Crippen LogP contribution < -0.4 is 0 Å². The predicted molar refractivity (Wildman–Crippen MR) is 117 cm³/mol. The number of tetrazole rings is 1. The second kappa shape index (κ2) is 9.78. The minimum atomic E-state index is 0.666. The summed E-state index contributed by atoms with van der Waals surface area (Å²) in [5.74, 6) is 0.666. The maximum Gasteiger partial charge on any atom is 0.204 e. The average molecular weight is 383 g/mol. The number of aromatic nitrogens is 4. The third-order valence-electron chi connectivity index (χ3n) is 5.20. The second-order valence-corrected chi connectivity index (χ2v) is 7.45. The molecule has 1 aromatic heterocycles. The second-order valence-electron chi connectivity index (χ2n) is 7.45. The van der Waals surface area contributed by atoms with Crippen LogP contribution in [0.4, 0.5) is 0 Å². The molecule has 0 bridgehead atoms. The van der Waals surface area contributed by atoms with Crippen LogP contribution in [0, 0.1) is 0 Å². The fourth-order valence-electron chi connectivity index (χ4n) is 3.75. The summed E-state index contributed by atoms with van der Waals surface area (Å²) in [6.45, 7) is 0. The van der Waals surface area contributed by atoms with Crippen LogP contribution in [-0.4, -0.2) is 20.6 Å². The normalized spacial score (nSPS) is 10.9. The van der Waals surface area contributed by atoms with Gasteiger partial charge in [0.05, 0.1) is 0 Å². The van der Waals surface area contributed by atoms with E-state index in [4.69, 9.17) is 0 Å². The Labute approximate surface area is 172 Å². The Morgan fingerprint density at radius 1 is 0.586 bits per heavy atom. The molecule has 4 heteroatoms. The van der Waals surface area contributed by atoms with Crippen molar-refractivity contribution < 1.29 is 0 Å². The lowest BCUT2D eigenvalue weighted by Gasteiger charge is -2.09. The molecule has 146 valence electrons. The van der Waals surface area contributed by atoms with Gasteiger partial charge in [0.15, 0.2) is 0 Å². The van der Waals surface area contributed by atoms with Gasteiger partial charge in [0.25, 0.3) is 0 Å². The topological polar surface area (TPSA) is 54.5 Å². The standard InChI is InChI=1S/C25H26N4/c1-3-9-20(10-4-1)13-7-15-22-17-23(16-8-14-21-11-5-2-6-12-21)19-24(18-22)25-26-28-29-27-25/h1-6,9-12,17-19H,7-8,13-16H2,(H,26,27,28,29). The van der Waals surface area contributed by atoms with Crippen LogP contribution in [0.25, 0.3) is 11.4 Å². The molecule has 4 aromatic rings. The number of nitrogens with one attached hydrogen (secondary N) is 1. The van der Waals surface area contributed by atoms with E-state index in [9.17, 15) is 0 Å². The summed E-state index contributed by atoms with van der Waals surface area (Å²) in [7, 11) is 0. The molecule has 0 fully saturated rings. The third kappa shape index (κ3) is 5.61. The molecule has 0 amide bonds. The van der Waals surface area contributed by atoms with E-state index in [1.807, 2.05) is 0 Å². The van der Waals surface area contributed by atoms with Crippen molar-refractivity contribution in [1.29, 1.82) is 0 Å². The Morgan fingerprint density at radius 3 is 1.59 bits per heavy atom. The molecule has 0 atom stereocenters. The van der Waals surface area contributed by atoms with Gasteiger partial charge in [-0.05, 0) is 78.1 Å². The van der Waals surface area contributed by atoms with E-state index < -0.39 is 0 Å². The van der Waals surface area contributed by atoms with Crippen molar-refractivity contribution in [2.24, 2.45) is 0 Å². The SMILES string of the molecule is c1ccc(CCCc2cc(CCCc3ccccc3)cc(-c3nn[nH]n3)c2)cc1. The first-order chi connectivity index (χ1) is 14.4. The van der Waals surface area contributed by atoms with E-state index in [0.29, 0.717) is 5.82 Å². The highest BCUT2D eigenvalue weighted by atomic mass is 15.5. The van der Waals surface area contributed by atoms with Gasteiger partial charge in [0.2, 0.25) is 5.82 Å². The summed E-state index contributed by atoms with van der Waals surface area (Å²) >= 11 is 0. The molecule has 0 saturated heterocycles. The molecule has 29 heavy (non-hydrogen) atoms. The summed E-state index contributed by atoms with van der Waals surface area (Å²) in [5, 5.41) is 14.6. The Morgan fingerprint density at radius 2 is 1.10 bits per heavy atom. The van der Waals surface area contributed by atoms with Gasteiger partial charge in [0.1, 0.15) is 0 Å². The van der Waals surface area contributed by atoms with Crippen molar-refractivity contribution in [1.82, 2.24) is 20.6 Å². The Hall–Kier alpha value is -3.27. The summed E-state index contributed by atoms with van der Waals surface area (Å²) in [4.78, 5) is 0. The molecule has 0 aliphatic carbocycles. The summed E-state index contributed by atoms with van der Waals surface area (Å²) < 4.78 is 0. The van der Waals surface area contributed by atoms with Gasteiger partial charge in [-0.1, -0.05) is 66.7 Å². The minimum Gasteiger partial charge on any atom is -0.177 e. The zero-order valence-electron chi connectivity index (χ0n) is 16.6. The van der Waals surface area contributed by atoms with Gasteiger partial charge in [-0.2, -0.15) is 5.21 Å². The Balaban J connectivity index is 1.43. The smallest absolute Gasteiger partial charge is 0.177 e. The molecular weight excluding hydrogens is 356 g/mol. The molecular formula is C25H26N4. The Kier molecular flexibility index (Phi) is 6.43. The lowest BCUT2D eigenvalue weighted by atomic mass is 9.96. The molecule has 0 aliphatic heterocycles. The van der Waals surface area contributed by atoms with Crippen molar-refractivity contribution >= 4 is 0 Å². The van der Waals surface area contributed by atoms with Gasteiger partial charge in [0, 0.05) is 5.56 Å². The molecule has 1 N–H and O–H groups in total. The molecule has 0 radical (unpaired) electrons. The number of H-pyrrole nitrogens is 1. The van der Waals surface area contributed by atoms with E-state index in [0.717, 1.165) is 44.1 Å². The number of rotatable bonds is 9. The molecule has 0 spiro atoms. The van der Waals surface area contributed by atoms with Crippen LogP contribution in [0.5, 0.6) is 0 Å². The number of hydrogen-bond acceptors (Lipinski definition) is 3. The third-order valence-corrected chi connectivity index (χ3v) is 5.20. The Bertz CT molecular complexity index is 932. The first-order valence-corrected chi connectivity index (χ1v) is 10.3. The number of aromatic amines is 1. The molecule has 0 aliphatic rings. The number of nitrogens with zero attached hydrogens (tertiary/aromatic N) is 3. The highest BCUT2D eigenvalue weighted by Crippen LogP contribution is 2.21. The van der Waals surface area contributed by atoms with Gasteiger partial charge >= 0.3 is 0 Å². The fourth-order valence-corrected chi connectivity index (χ4v) is 3.75. The average Bonchev–Trinajstić information content (AvgIpc) is 3.30. The molecule has 4 rings (SSSR count). The maximum atomic E-state index is 4.18. The van der Waals surface area contributed by atoms with Crippen molar-refractivity contribution in [3.8, 4) is 11.4 Å². The van der Waals surface area contributed by atoms with Crippen LogP contribution in [0.15, 0.2) is 78.9 Å². The van der Waals surface area contributed by atoms with Crippen molar-refractivity contribution in [2.75, 3.05) is 0 Å².